The Morgan fingerprint density at radius 1 is 1.30 bits per heavy atom. The summed E-state index contributed by atoms with van der Waals surface area (Å²) >= 11 is 0. The summed E-state index contributed by atoms with van der Waals surface area (Å²) in [5, 5.41) is 9.95. The summed E-state index contributed by atoms with van der Waals surface area (Å²) in [6.45, 7) is 15.4. The maximum Gasteiger partial charge on any atom is 0.308 e. The molecule has 4 heteroatoms. The summed E-state index contributed by atoms with van der Waals surface area (Å²) in [5.41, 5.74) is 1.34. The first-order valence-corrected chi connectivity index (χ1v) is 11.7. The largest absolute Gasteiger partial charge is 0.494 e. The minimum Gasteiger partial charge on any atom is -0.494 e. The maximum absolute atomic E-state index is 11.7. The molecule has 3 aliphatic rings. The molecule has 0 amide bonds. The molecule has 0 aromatic rings. The highest BCUT2D eigenvalue weighted by molar-refractivity contribution is 5.70. The number of aliphatic hydroxyl groups is 1. The van der Waals surface area contributed by atoms with Gasteiger partial charge in [0, 0.05) is 17.8 Å². The van der Waals surface area contributed by atoms with Crippen molar-refractivity contribution in [1.29, 1.82) is 0 Å². The normalized spacial score (nSPS) is 36.5. The molecule has 7 unspecified atom stereocenters. The van der Waals surface area contributed by atoms with E-state index in [2.05, 4.69) is 59.4 Å². The molecule has 0 aromatic carbocycles. The Bertz CT molecular complexity index is 704. The van der Waals surface area contributed by atoms with Gasteiger partial charge in [-0.2, -0.15) is 0 Å². The van der Waals surface area contributed by atoms with Gasteiger partial charge in [-0.15, -0.1) is 0 Å². The molecular formula is C26H40O4. The lowest BCUT2D eigenvalue weighted by Crippen LogP contribution is -2.41. The number of ether oxygens (including phenoxy) is 2. The molecular weight excluding hydrogens is 376 g/mol. The molecule has 7 atom stereocenters. The van der Waals surface area contributed by atoms with Gasteiger partial charge in [-0.1, -0.05) is 59.4 Å². The fourth-order valence-electron chi connectivity index (χ4n) is 5.18. The molecule has 168 valence electrons. The van der Waals surface area contributed by atoms with Gasteiger partial charge in [0.05, 0.1) is 18.3 Å². The molecule has 1 aliphatic heterocycles. The average molecular weight is 417 g/mol. The minimum absolute atomic E-state index is 0.0391. The second-order valence-corrected chi connectivity index (χ2v) is 10.4. The van der Waals surface area contributed by atoms with Crippen molar-refractivity contribution in [3.8, 4) is 0 Å². The van der Waals surface area contributed by atoms with E-state index < -0.39 is 6.10 Å². The number of cyclic esters (lactones) is 1. The molecule has 3 rings (SSSR count). The summed E-state index contributed by atoms with van der Waals surface area (Å²) in [7, 11) is 0. The highest BCUT2D eigenvalue weighted by Crippen LogP contribution is 2.46. The Morgan fingerprint density at radius 3 is 2.70 bits per heavy atom. The van der Waals surface area contributed by atoms with Crippen molar-refractivity contribution in [1.82, 2.24) is 0 Å². The summed E-state index contributed by atoms with van der Waals surface area (Å²) in [6, 6.07) is 0. The number of rotatable bonds is 7. The van der Waals surface area contributed by atoms with Crippen LogP contribution in [0.15, 0.2) is 36.1 Å². The highest BCUT2D eigenvalue weighted by Gasteiger charge is 2.42. The van der Waals surface area contributed by atoms with Gasteiger partial charge in [-0.05, 0) is 49.0 Å². The van der Waals surface area contributed by atoms with Crippen LogP contribution < -0.4 is 0 Å². The lowest BCUT2D eigenvalue weighted by Gasteiger charge is -2.45. The van der Waals surface area contributed by atoms with E-state index in [4.69, 9.17) is 9.47 Å². The number of esters is 1. The first kappa shape index (κ1) is 23.1. The first-order chi connectivity index (χ1) is 14.1. The van der Waals surface area contributed by atoms with Crippen LogP contribution in [0.3, 0.4) is 0 Å². The minimum atomic E-state index is -0.568. The van der Waals surface area contributed by atoms with Gasteiger partial charge in [-0.25, -0.2) is 0 Å². The van der Waals surface area contributed by atoms with Gasteiger partial charge in [0.15, 0.2) is 0 Å². The SMILES string of the molecule is C=C(OC1CC(C)C=C2C=CC(C)C(CCC3CC(O)CC(=O)O3)C21)C(C)(C)CC. The Hall–Kier alpha value is -1.55. The van der Waals surface area contributed by atoms with Crippen molar-refractivity contribution >= 4 is 5.97 Å². The van der Waals surface area contributed by atoms with E-state index in [1.165, 1.54) is 5.57 Å². The second-order valence-electron chi connectivity index (χ2n) is 10.4. The van der Waals surface area contributed by atoms with E-state index in [1.54, 1.807) is 0 Å². The van der Waals surface area contributed by atoms with Crippen LogP contribution in [-0.2, 0) is 14.3 Å². The van der Waals surface area contributed by atoms with Gasteiger partial charge in [-0.3, -0.25) is 4.79 Å². The van der Waals surface area contributed by atoms with Crippen LogP contribution in [0.25, 0.3) is 0 Å². The van der Waals surface area contributed by atoms with E-state index in [1.807, 2.05) is 0 Å². The van der Waals surface area contributed by atoms with E-state index in [9.17, 15) is 9.90 Å². The number of fused-ring (bicyclic) bond motifs is 1. The van der Waals surface area contributed by atoms with Crippen LogP contribution in [-0.4, -0.2) is 29.4 Å². The molecule has 1 heterocycles. The predicted molar refractivity (Wildman–Crippen MR) is 120 cm³/mol. The lowest BCUT2D eigenvalue weighted by molar-refractivity contribution is -0.160. The molecule has 0 spiro atoms. The van der Waals surface area contributed by atoms with Crippen molar-refractivity contribution < 1.29 is 19.4 Å². The fourth-order valence-corrected chi connectivity index (χ4v) is 5.18. The maximum atomic E-state index is 11.7. The number of aliphatic hydroxyl groups excluding tert-OH is 1. The lowest BCUT2D eigenvalue weighted by atomic mass is 9.65. The van der Waals surface area contributed by atoms with E-state index in [0.29, 0.717) is 30.1 Å². The van der Waals surface area contributed by atoms with Crippen molar-refractivity contribution in [3.05, 3.63) is 36.1 Å². The standard InChI is InChI=1S/C26H40O4/c1-7-26(5,6)18(4)29-23-13-16(2)12-19-9-8-17(3)22(25(19)23)11-10-21-14-20(27)15-24(28)30-21/h8-9,12,16-17,20-23,25,27H,4,7,10-11,13-15H2,1-3,5-6H3. The molecule has 30 heavy (non-hydrogen) atoms. The molecule has 2 aliphatic carbocycles. The van der Waals surface area contributed by atoms with Crippen LogP contribution in [0, 0.1) is 29.1 Å². The number of hydrogen-bond acceptors (Lipinski definition) is 4. The number of carbonyl (C=O) groups excluding carboxylic acids is 1. The van der Waals surface area contributed by atoms with Gasteiger partial charge in [0.2, 0.25) is 0 Å². The summed E-state index contributed by atoms with van der Waals surface area (Å²) in [6.07, 6.45) is 10.8. The highest BCUT2D eigenvalue weighted by atomic mass is 16.5. The molecule has 4 nitrogen and oxygen atoms in total. The third-order valence-corrected chi connectivity index (χ3v) is 7.59. The summed E-state index contributed by atoms with van der Waals surface area (Å²) in [5.74, 6) is 2.27. The van der Waals surface area contributed by atoms with Gasteiger partial charge < -0.3 is 14.6 Å². The molecule has 1 saturated heterocycles. The van der Waals surface area contributed by atoms with E-state index in [-0.39, 0.29) is 30.0 Å². The van der Waals surface area contributed by atoms with Crippen molar-refractivity contribution in [2.75, 3.05) is 0 Å². The van der Waals surface area contributed by atoms with Gasteiger partial charge in [0.1, 0.15) is 12.2 Å². The quantitative estimate of drug-likeness (QED) is 0.435. The Balaban J connectivity index is 1.76. The Labute approximate surface area is 182 Å². The Kier molecular flexibility index (Phi) is 7.16. The third-order valence-electron chi connectivity index (χ3n) is 7.59. The van der Waals surface area contributed by atoms with Crippen molar-refractivity contribution in [2.45, 2.75) is 91.5 Å². The number of allylic oxidation sites excluding steroid dienone is 4. The predicted octanol–water partition coefficient (Wildman–Crippen LogP) is 5.57. The molecule has 0 radical (unpaired) electrons. The first-order valence-electron chi connectivity index (χ1n) is 11.7. The zero-order valence-electron chi connectivity index (χ0n) is 19.4. The topological polar surface area (TPSA) is 55.8 Å². The Morgan fingerprint density at radius 2 is 2.03 bits per heavy atom. The molecule has 0 aromatic heterocycles. The average Bonchev–Trinajstić information content (AvgIpc) is 2.66. The fraction of sp³-hybridized carbons (Fsp3) is 0.731. The third kappa shape index (κ3) is 5.19. The van der Waals surface area contributed by atoms with Crippen LogP contribution in [0.2, 0.25) is 0 Å². The van der Waals surface area contributed by atoms with Crippen LogP contribution in [0.4, 0.5) is 0 Å². The summed E-state index contributed by atoms with van der Waals surface area (Å²) in [4.78, 5) is 11.7. The summed E-state index contributed by atoms with van der Waals surface area (Å²) < 4.78 is 12.1. The van der Waals surface area contributed by atoms with Crippen LogP contribution in [0.5, 0.6) is 0 Å². The van der Waals surface area contributed by atoms with E-state index >= 15 is 0 Å². The van der Waals surface area contributed by atoms with E-state index in [0.717, 1.165) is 31.4 Å². The molecule has 1 N–H and O–H groups in total. The number of carbonyl (C=O) groups is 1. The van der Waals surface area contributed by atoms with Crippen molar-refractivity contribution in [2.24, 2.45) is 29.1 Å². The molecule has 0 bridgehead atoms. The van der Waals surface area contributed by atoms with Gasteiger partial charge >= 0.3 is 5.97 Å². The zero-order valence-corrected chi connectivity index (χ0v) is 19.4. The monoisotopic (exact) mass is 416 g/mol. The second kappa shape index (κ2) is 9.30. The van der Waals surface area contributed by atoms with Crippen LogP contribution in [0.1, 0.15) is 73.1 Å². The number of hydrogen-bond donors (Lipinski definition) is 1. The smallest absolute Gasteiger partial charge is 0.308 e. The molecule has 0 saturated carbocycles. The molecule has 1 fully saturated rings. The zero-order chi connectivity index (χ0) is 22.1. The van der Waals surface area contributed by atoms with Crippen LogP contribution >= 0.6 is 0 Å². The van der Waals surface area contributed by atoms with Gasteiger partial charge in [0.25, 0.3) is 0 Å². The van der Waals surface area contributed by atoms with Crippen molar-refractivity contribution in [3.63, 3.8) is 0 Å².